The molecule has 0 aromatic heterocycles. The van der Waals surface area contributed by atoms with Crippen LogP contribution >= 0.6 is 0 Å². The SMILES string of the molecule is FC(CCC1CCCN1)C(F)(F)F. The van der Waals surface area contributed by atoms with Crippen LogP contribution in [0.1, 0.15) is 25.7 Å². The van der Waals surface area contributed by atoms with E-state index in [9.17, 15) is 17.6 Å². The molecular formula is C8H13F4N. The molecule has 1 nitrogen and oxygen atoms in total. The van der Waals surface area contributed by atoms with E-state index in [0.717, 1.165) is 19.4 Å². The molecule has 0 aromatic rings. The van der Waals surface area contributed by atoms with Gasteiger partial charge < -0.3 is 5.32 Å². The Balaban J connectivity index is 2.17. The van der Waals surface area contributed by atoms with Gasteiger partial charge in [0, 0.05) is 6.04 Å². The average molecular weight is 199 g/mol. The third-order valence-electron chi connectivity index (χ3n) is 2.29. The Bertz CT molecular complexity index is 151. The van der Waals surface area contributed by atoms with Crippen molar-refractivity contribution < 1.29 is 17.6 Å². The van der Waals surface area contributed by atoms with E-state index in [1.165, 1.54) is 0 Å². The molecule has 0 aromatic carbocycles. The summed E-state index contributed by atoms with van der Waals surface area (Å²) in [5.41, 5.74) is 0. The summed E-state index contributed by atoms with van der Waals surface area (Å²) >= 11 is 0. The van der Waals surface area contributed by atoms with Crippen molar-refractivity contribution in [3.05, 3.63) is 0 Å². The molecule has 0 bridgehead atoms. The zero-order chi connectivity index (χ0) is 9.90. The molecule has 0 saturated carbocycles. The first-order valence-corrected chi connectivity index (χ1v) is 4.44. The van der Waals surface area contributed by atoms with Crippen LogP contribution in [0.2, 0.25) is 0 Å². The summed E-state index contributed by atoms with van der Waals surface area (Å²) in [6.45, 7) is 0.841. The summed E-state index contributed by atoms with van der Waals surface area (Å²) in [6, 6.07) is 0.0839. The van der Waals surface area contributed by atoms with Gasteiger partial charge in [-0.05, 0) is 32.2 Å². The lowest BCUT2D eigenvalue weighted by atomic mass is 10.1. The topological polar surface area (TPSA) is 12.0 Å². The maximum Gasteiger partial charge on any atom is 0.419 e. The highest BCUT2D eigenvalue weighted by Crippen LogP contribution is 2.27. The molecule has 2 atom stereocenters. The van der Waals surface area contributed by atoms with Crippen LogP contribution in [0.4, 0.5) is 17.6 Å². The first kappa shape index (κ1) is 10.8. The molecule has 1 aliphatic rings. The van der Waals surface area contributed by atoms with Crippen LogP contribution in [-0.2, 0) is 0 Å². The molecular weight excluding hydrogens is 186 g/mol. The molecule has 1 N–H and O–H groups in total. The van der Waals surface area contributed by atoms with Crippen molar-refractivity contribution in [2.45, 2.75) is 44.1 Å². The molecule has 1 heterocycles. The van der Waals surface area contributed by atoms with Gasteiger partial charge >= 0.3 is 6.18 Å². The highest BCUT2D eigenvalue weighted by atomic mass is 19.4. The number of nitrogens with one attached hydrogen (secondary N) is 1. The lowest BCUT2D eigenvalue weighted by molar-refractivity contribution is -0.182. The van der Waals surface area contributed by atoms with Crippen LogP contribution in [-0.4, -0.2) is 24.9 Å². The van der Waals surface area contributed by atoms with E-state index in [1.807, 2.05) is 0 Å². The third kappa shape index (κ3) is 3.50. The Morgan fingerprint density at radius 2 is 2.08 bits per heavy atom. The van der Waals surface area contributed by atoms with Crippen LogP contribution in [0.15, 0.2) is 0 Å². The van der Waals surface area contributed by atoms with Crippen molar-refractivity contribution in [2.75, 3.05) is 6.54 Å². The van der Waals surface area contributed by atoms with Crippen molar-refractivity contribution in [3.8, 4) is 0 Å². The average Bonchev–Trinajstić information content (AvgIpc) is 2.50. The fourth-order valence-corrected chi connectivity index (χ4v) is 1.51. The number of hydrogen-bond acceptors (Lipinski definition) is 1. The van der Waals surface area contributed by atoms with Gasteiger partial charge in [-0.25, -0.2) is 4.39 Å². The third-order valence-corrected chi connectivity index (χ3v) is 2.29. The minimum atomic E-state index is -4.68. The Morgan fingerprint density at radius 1 is 1.38 bits per heavy atom. The molecule has 0 amide bonds. The molecule has 2 unspecified atom stereocenters. The lowest BCUT2D eigenvalue weighted by Crippen LogP contribution is -2.28. The monoisotopic (exact) mass is 199 g/mol. The summed E-state index contributed by atoms with van der Waals surface area (Å²) < 4.78 is 47.6. The molecule has 78 valence electrons. The van der Waals surface area contributed by atoms with Gasteiger partial charge in [-0.2, -0.15) is 13.2 Å². The van der Waals surface area contributed by atoms with E-state index in [2.05, 4.69) is 5.32 Å². The van der Waals surface area contributed by atoms with E-state index >= 15 is 0 Å². The first-order valence-electron chi connectivity index (χ1n) is 4.44. The van der Waals surface area contributed by atoms with Gasteiger partial charge in [0.25, 0.3) is 0 Å². The Hall–Kier alpha value is -0.320. The number of halogens is 4. The van der Waals surface area contributed by atoms with E-state index in [4.69, 9.17) is 0 Å². The van der Waals surface area contributed by atoms with Crippen LogP contribution in [0.3, 0.4) is 0 Å². The summed E-state index contributed by atoms with van der Waals surface area (Å²) in [5.74, 6) is 0. The van der Waals surface area contributed by atoms with E-state index in [-0.39, 0.29) is 12.5 Å². The maximum atomic E-state index is 12.4. The van der Waals surface area contributed by atoms with Crippen molar-refractivity contribution in [1.82, 2.24) is 5.32 Å². The van der Waals surface area contributed by atoms with Gasteiger partial charge in [-0.1, -0.05) is 0 Å². The summed E-state index contributed by atoms with van der Waals surface area (Å²) in [7, 11) is 0. The second-order valence-electron chi connectivity index (χ2n) is 3.38. The van der Waals surface area contributed by atoms with Crippen LogP contribution in [0.25, 0.3) is 0 Å². The molecule has 1 fully saturated rings. The summed E-state index contributed by atoms with van der Waals surface area (Å²) in [6.07, 6.45) is -5.63. The summed E-state index contributed by atoms with van der Waals surface area (Å²) in [4.78, 5) is 0. The Morgan fingerprint density at radius 3 is 2.54 bits per heavy atom. The number of rotatable bonds is 3. The zero-order valence-electron chi connectivity index (χ0n) is 7.20. The number of hydrogen-bond donors (Lipinski definition) is 1. The number of alkyl halides is 4. The highest BCUT2D eigenvalue weighted by molar-refractivity contribution is 4.77. The highest BCUT2D eigenvalue weighted by Gasteiger charge is 2.39. The maximum absolute atomic E-state index is 12.4. The minimum Gasteiger partial charge on any atom is -0.314 e. The molecule has 5 heteroatoms. The van der Waals surface area contributed by atoms with Crippen LogP contribution in [0, 0.1) is 0 Å². The van der Waals surface area contributed by atoms with Gasteiger partial charge in [-0.3, -0.25) is 0 Å². The molecule has 1 aliphatic heterocycles. The quantitative estimate of drug-likeness (QED) is 0.688. The molecule has 0 aliphatic carbocycles. The molecule has 13 heavy (non-hydrogen) atoms. The Labute approximate surface area is 74.5 Å². The van der Waals surface area contributed by atoms with Gasteiger partial charge in [0.15, 0.2) is 6.17 Å². The zero-order valence-corrected chi connectivity index (χ0v) is 7.20. The van der Waals surface area contributed by atoms with Gasteiger partial charge in [0.1, 0.15) is 0 Å². The Kier molecular flexibility index (Phi) is 3.53. The van der Waals surface area contributed by atoms with Crippen molar-refractivity contribution >= 4 is 0 Å². The summed E-state index contributed by atoms with van der Waals surface area (Å²) in [5, 5.41) is 3.03. The standard InChI is InChI=1S/C8H13F4N/c9-7(8(10,11)12)4-3-6-2-1-5-13-6/h6-7,13H,1-5H2. The van der Waals surface area contributed by atoms with Crippen molar-refractivity contribution in [1.29, 1.82) is 0 Å². The lowest BCUT2D eigenvalue weighted by Gasteiger charge is -2.14. The van der Waals surface area contributed by atoms with E-state index in [0.29, 0.717) is 0 Å². The van der Waals surface area contributed by atoms with E-state index in [1.54, 1.807) is 0 Å². The van der Waals surface area contributed by atoms with Crippen LogP contribution < -0.4 is 5.32 Å². The van der Waals surface area contributed by atoms with Crippen molar-refractivity contribution in [2.24, 2.45) is 0 Å². The fourth-order valence-electron chi connectivity index (χ4n) is 1.51. The first-order chi connectivity index (χ1) is 6.00. The molecule has 1 rings (SSSR count). The predicted octanol–water partition coefficient (Wildman–Crippen LogP) is 2.42. The van der Waals surface area contributed by atoms with Gasteiger partial charge in [0.05, 0.1) is 0 Å². The van der Waals surface area contributed by atoms with Gasteiger partial charge in [-0.15, -0.1) is 0 Å². The van der Waals surface area contributed by atoms with Crippen molar-refractivity contribution in [3.63, 3.8) is 0 Å². The normalized spacial score (nSPS) is 26.3. The smallest absolute Gasteiger partial charge is 0.314 e. The largest absolute Gasteiger partial charge is 0.419 e. The molecule has 0 spiro atoms. The minimum absolute atomic E-state index is 0.0839. The second kappa shape index (κ2) is 4.26. The predicted molar refractivity (Wildman–Crippen MR) is 41.2 cm³/mol. The van der Waals surface area contributed by atoms with Gasteiger partial charge in [0.2, 0.25) is 0 Å². The van der Waals surface area contributed by atoms with Crippen LogP contribution in [0.5, 0.6) is 0 Å². The molecule has 0 radical (unpaired) electrons. The van der Waals surface area contributed by atoms with E-state index < -0.39 is 18.8 Å². The molecule has 1 saturated heterocycles. The second-order valence-corrected chi connectivity index (χ2v) is 3.38. The fraction of sp³-hybridized carbons (Fsp3) is 1.00.